The summed E-state index contributed by atoms with van der Waals surface area (Å²) >= 11 is 1.95. The molecular formula is C11H22N2OS. The van der Waals surface area contributed by atoms with Gasteiger partial charge in [0.05, 0.1) is 0 Å². The highest BCUT2D eigenvalue weighted by Gasteiger charge is 2.29. The van der Waals surface area contributed by atoms with Crippen LogP contribution < -0.4 is 5.73 Å². The van der Waals surface area contributed by atoms with E-state index in [9.17, 15) is 4.79 Å². The molecule has 1 aliphatic heterocycles. The maximum absolute atomic E-state index is 11.9. The SMILES string of the molecule is CC(CN)CC(=O)N1CCSC(C)(C)C1. The molecule has 1 heterocycles. The number of nitrogens with zero attached hydrogens (tertiary/aromatic N) is 1. The van der Waals surface area contributed by atoms with Crippen LogP contribution in [0.4, 0.5) is 0 Å². The Kier molecular flexibility index (Phi) is 4.46. The summed E-state index contributed by atoms with van der Waals surface area (Å²) in [6.45, 7) is 8.78. The van der Waals surface area contributed by atoms with Crippen LogP contribution in [-0.4, -0.2) is 40.9 Å². The van der Waals surface area contributed by atoms with Gasteiger partial charge in [-0.05, 0) is 26.3 Å². The molecule has 1 rings (SSSR count). The minimum absolute atomic E-state index is 0.208. The van der Waals surface area contributed by atoms with Gasteiger partial charge in [0.25, 0.3) is 0 Å². The Balaban J connectivity index is 2.46. The molecule has 2 N–H and O–H groups in total. The van der Waals surface area contributed by atoms with E-state index >= 15 is 0 Å². The standard InChI is InChI=1S/C11H22N2OS/c1-9(7-12)6-10(14)13-4-5-15-11(2,3)8-13/h9H,4-8,12H2,1-3H3. The normalized spacial score (nSPS) is 22.5. The molecule has 0 aliphatic carbocycles. The molecule has 0 spiro atoms. The fraction of sp³-hybridized carbons (Fsp3) is 0.909. The molecule has 4 heteroatoms. The first-order valence-corrected chi connectivity index (χ1v) is 6.55. The molecule has 0 aromatic carbocycles. The van der Waals surface area contributed by atoms with Crippen molar-refractivity contribution < 1.29 is 4.79 Å². The zero-order valence-electron chi connectivity index (χ0n) is 9.95. The highest BCUT2D eigenvalue weighted by Crippen LogP contribution is 2.29. The number of rotatable bonds is 3. The molecule has 1 fully saturated rings. The zero-order chi connectivity index (χ0) is 11.5. The van der Waals surface area contributed by atoms with Crippen LogP contribution in [0.15, 0.2) is 0 Å². The van der Waals surface area contributed by atoms with Crippen LogP contribution in [0.1, 0.15) is 27.2 Å². The number of thioether (sulfide) groups is 1. The molecule has 0 radical (unpaired) electrons. The lowest BCUT2D eigenvalue weighted by atomic mass is 10.1. The fourth-order valence-electron chi connectivity index (χ4n) is 1.74. The molecule has 3 nitrogen and oxygen atoms in total. The van der Waals surface area contributed by atoms with E-state index in [4.69, 9.17) is 5.73 Å². The minimum Gasteiger partial charge on any atom is -0.340 e. The number of nitrogens with two attached hydrogens (primary N) is 1. The second-order valence-corrected chi connectivity index (χ2v) is 6.77. The monoisotopic (exact) mass is 230 g/mol. The summed E-state index contributed by atoms with van der Waals surface area (Å²) in [4.78, 5) is 13.9. The third-order valence-electron chi connectivity index (χ3n) is 2.70. The molecular weight excluding hydrogens is 208 g/mol. The molecule has 1 aliphatic rings. The van der Waals surface area contributed by atoms with Crippen LogP contribution >= 0.6 is 11.8 Å². The van der Waals surface area contributed by atoms with Crippen LogP contribution in [-0.2, 0) is 4.79 Å². The summed E-state index contributed by atoms with van der Waals surface area (Å²) in [6, 6.07) is 0. The van der Waals surface area contributed by atoms with Gasteiger partial charge in [0.15, 0.2) is 0 Å². The van der Waals surface area contributed by atoms with Gasteiger partial charge in [0.1, 0.15) is 0 Å². The zero-order valence-corrected chi connectivity index (χ0v) is 10.8. The van der Waals surface area contributed by atoms with Gasteiger partial charge in [-0.2, -0.15) is 11.8 Å². The van der Waals surface area contributed by atoms with E-state index in [-0.39, 0.29) is 10.7 Å². The molecule has 0 aromatic heterocycles. The average Bonchev–Trinajstić information content (AvgIpc) is 2.16. The van der Waals surface area contributed by atoms with E-state index < -0.39 is 0 Å². The largest absolute Gasteiger partial charge is 0.340 e. The minimum atomic E-state index is 0.208. The van der Waals surface area contributed by atoms with Gasteiger partial charge < -0.3 is 10.6 Å². The van der Waals surface area contributed by atoms with Crippen molar-refractivity contribution in [1.82, 2.24) is 4.90 Å². The van der Waals surface area contributed by atoms with Gasteiger partial charge in [-0.1, -0.05) is 6.92 Å². The Morgan fingerprint density at radius 2 is 2.27 bits per heavy atom. The Hall–Kier alpha value is -0.220. The van der Waals surface area contributed by atoms with E-state index in [1.165, 1.54) is 0 Å². The number of hydrogen-bond donors (Lipinski definition) is 1. The summed E-state index contributed by atoms with van der Waals surface area (Å²) in [5, 5.41) is 0. The van der Waals surface area contributed by atoms with Gasteiger partial charge in [-0.25, -0.2) is 0 Å². The molecule has 1 atom stereocenters. The second-order valence-electron chi connectivity index (χ2n) is 4.97. The lowest BCUT2D eigenvalue weighted by Gasteiger charge is -2.38. The first kappa shape index (κ1) is 12.8. The predicted molar refractivity (Wildman–Crippen MR) is 66.0 cm³/mol. The van der Waals surface area contributed by atoms with E-state index in [1.54, 1.807) is 0 Å². The summed E-state index contributed by atoms with van der Waals surface area (Å²) in [6.07, 6.45) is 0.594. The van der Waals surface area contributed by atoms with E-state index in [0.717, 1.165) is 18.8 Å². The number of hydrogen-bond acceptors (Lipinski definition) is 3. The average molecular weight is 230 g/mol. The molecule has 0 bridgehead atoms. The van der Waals surface area contributed by atoms with Crippen molar-refractivity contribution in [3.63, 3.8) is 0 Å². The Morgan fingerprint density at radius 3 is 2.80 bits per heavy atom. The summed E-state index contributed by atoms with van der Waals surface area (Å²) in [7, 11) is 0. The topological polar surface area (TPSA) is 46.3 Å². The third kappa shape index (κ3) is 4.03. The van der Waals surface area contributed by atoms with Crippen LogP contribution in [0.2, 0.25) is 0 Å². The van der Waals surface area contributed by atoms with Gasteiger partial charge in [0.2, 0.25) is 5.91 Å². The Morgan fingerprint density at radius 1 is 1.60 bits per heavy atom. The highest BCUT2D eigenvalue weighted by atomic mass is 32.2. The molecule has 1 saturated heterocycles. The van der Waals surface area contributed by atoms with Crippen molar-refractivity contribution in [2.45, 2.75) is 31.9 Å². The van der Waals surface area contributed by atoms with Gasteiger partial charge >= 0.3 is 0 Å². The smallest absolute Gasteiger partial charge is 0.222 e. The van der Waals surface area contributed by atoms with Crippen molar-refractivity contribution >= 4 is 17.7 Å². The molecule has 1 unspecified atom stereocenters. The summed E-state index contributed by atoms with van der Waals surface area (Å²) in [5.74, 6) is 1.62. The number of carbonyl (C=O) groups excluding carboxylic acids is 1. The van der Waals surface area contributed by atoms with Crippen LogP contribution in [0, 0.1) is 5.92 Å². The van der Waals surface area contributed by atoms with Crippen LogP contribution in [0.3, 0.4) is 0 Å². The lowest BCUT2D eigenvalue weighted by Crippen LogP contribution is -2.46. The van der Waals surface area contributed by atoms with E-state index in [1.807, 2.05) is 23.6 Å². The fourth-order valence-corrected chi connectivity index (χ4v) is 2.85. The van der Waals surface area contributed by atoms with Crippen molar-refractivity contribution in [2.75, 3.05) is 25.4 Å². The van der Waals surface area contributed by atoms with Crippen molar-refractivity contribution in [2.24, 2.45) is 11.7 Å². The molecule has 15 heavy (non-hydrogen) atoms. The number of amides is 1. The second kappa shape index (κ2) is 5.21. The van der Waals surface area contributed by atoms with Crippen molar-refractivity contribution in [3.8, 4) is 0 Å². The first-order chi connectivity index (χ1) is 6.94. The molecule has 1 amide bonds. The van der Waals surface area contributed by atoms with Crippen molar-refractivity contribution in [3.05, 3.63) is 0 Å². The van der Waals surface area contributed by atoms with Crippen LogP contribution in [0.25, 0.3) is 0 Å². The molecule has 0 saturated carbocycles. The molecule has 88 valence electrons. The maximum Gasteiger partial charge on any atom is 0.222 e. The maximum atomic E-state index is 11.9. The summed E-state index contributed by atoms with van der Waals surface area (Å²) < 4.78 is 0.208. The molecule has 0 aromatic rings. The quantitative estimate of drug-likeness (QED) is 0.795. The van der Waals surface area contributed by atoms with E-state index in [0.29, 0.717) is 18.9 Å². The lowest BCUT2D eigenvalue weighted by molar-refractivity contribution is -0.132. The van der Waals surface area contributed by atoms with Gasteiger partial charge in [0, 0.05) is 30.0 Å². The van der Waals surface area contributed by atoms with Gasteiger partial charge in [-0.3, -0.25) is 4.79 Å². The summed E-state index contributed by atoms with van der Waals surface area (Å²) in [5.41, 5.74) is 5.53. The predicted octanol–water partition coefficient (Wildman–Crippen LogP) is 1.33. The Bertz CT molecular complexity index is 231. The van der Waals surface area contributed by atoms with E-state index in [2.05, 4.69) is 13.8 Å². The Labute approximate surface area is 96.8 Å². The van der Waals surface area contributed by atoms with Gasteiger partial charge in [-0.15, -0.1) is 0 Å². The number of carbonyl (C=O) groups is 1. The van der Waals surface area contributed by atoms with Crippen LogP contribution in [0.5, 0.6) is 0 Å². The first-order valence-electron chi connectivity index (χ1n) is 5.56. The third-order valence-corrected chi connectivity index (χ3v) is 4.00. The highest BCUT2D eigenvalue weighted by molar-refractivity contribution is 8.00. The van der Waals surface area contributed by atoms with Crippen molar-refractivity contribution in [1.29, 1.82) is 0 Å².